The van der Waals surface area contributed by atoms with E-state index in [1.54, 1.807) is 0 Å². The van der Waals surface area contributed by atoms with Gasteiger partial charge in [-0.05, 0) is 42.8 Å². The van der Waals surface area contributed by atoms with Crippen molar-refractivity contribution in [1.29, 1.82) is 0 Å². The molecular formula is C19H26O2Si. The van der Waals surface area contributed by atoms with E-state index in [0.29, 0.717) is 0 Å². The van der Waals surface area contributed by atoms with Gasteiger partial charge < -0.3 is 8.85 Å². The van der Waals surface area contributed by atoms with Gasteiger partial charge in [0.15, 0.2) is 0 Å². The third kappa shape index (κ3) is 5.32. The first kappa shape index (κ1) is 16.8. The molecule has 22 heavy (non-hydrogen) atoms. The highest BCUT2D eigenvalue weighted by Crippen LogP contribution is 2.24. The second-order valence-corrected chi connectivity index (χ2v) is 9.24. The molecule has 0 atom stereocenters. The topological polar surface area (TPSA) is 18.5 Å². The summed E-state index contributed by atoms with van der Waals surface area (Å²) in [6.07, 6.45) is 3.55. The summed E-state index contributed by atoms with van der Waals surface area (Å²) < 4.78 is 12.1. The zero-order valence-electron chi connectivity index (χ0n) is 13.8. The van der Waals surface area contributed by atoms with Crippen molar-refractivity contribution in [2.75, 3.05) is 6.61 Å². The lowest BCUT2D eigenvalue weighted by atomic mass is 10.1. The monoisotopic (exact) mass is 314 g/mol. The van der Waals surface area contributed by atoms with Gasteiger partial charge in [-0.15, -0.1) is 0 Å². The molecule has 0 N–H and O–H groups in total. The molecule has 0 radical (unpaired) electrons. The van der Waals surface area contributed by atoms with Crippen LogP contribution in [-0.2, 0) is 4.43 Å². The molecule has 2 aromatic carbocycles. The third-order valence-corrected chi connectivity index (χ3v) is 5.15. The van der Waals surface area contributed by atoms with Crippen molar-refractivity contribution in [3.63, 3.8) is 0 Å². The summed E-state index contributed by atoms with van der Waals surface area (Å²) in [6, 6.07) is 18.7. The molecule has 0 aliphatic rings. The zero-order chi connectivity index (χ0) is 15.8. The molecule has 0 unspecified atom stereocenters. The first-order valence-corrected chi connectivity index (χ1v) is 10.9. The number of benzene rings is 2. The lowest BCUT2D eigenvalue weighted by Gasteiger charge is -2.24. The van der Waals surface area contributed by atoms with E-state index < -0.39 is 8.56 Å². The molecular weight excluding hydrogens is 288 g/mol. The number of unbranched alkanes of at least 4 members (excludes halogenated alkanes) is 2. The van der Waals surface area contributed by atoms with Gasteiger partial charge in [0.1, 0.15) is 5.75 Å². The molecule has 0 spiro atoms. The Morgan fingerprint density at radius 1 is 0.818 bits per heavy atom. The van der Waals surface area contributed by atoms with Crippen molar-refractivity contribution in [2.24, 2.45) is 0 Å². The van der Waals surface area contributed by atoms with E-state index >= 15 is 0 Å². The van der Waals surface area contributed by atoms with Crippen LogP contribution in [-0.4, -0.2) is 15.2 Å². The van der Waals surface area contributed by atoms with Crippen LogP contribution in [0.2, 0.25) is 13.1 Å². The van der Waals surface area contributed by atoms with Gasteiger partial charge in [0.25, 0.3) is 0 Å². The fraction of sp³-hybridized carbons (Fsp3) is 0.368. The highest BCUT2D eigenvalue weighted by molar-refractivity contribution is 6.65. The summed E-state index contributed by atoms with van der Waals surface area (Å²) in [7, 11) is -2.09. The van der Waals surface area contributed by atoms with Crippen LogP contribution in [0.5, 0.6) is 5.75 Å². The van der Waals surface area contributed by atoms with Gasteiger partial charge in [0, 0.05) is 6.61 Å². The molecule has 0 aromatic heterocycles. The number of hydrogen-bond donors (Lipinski definition) is 0. The van der Waals surface area contributed by atoms with Crippen molar-refractivity contribution in [2.45, 2.75) is 39.3 Å². The Balaban J connectivity index is 1.93. The van der Waals surface area contributed by atoms with Crippen LogP contribution in [0.4, 0.5) is 0 Å². The van der Waals surface area contributed by atoms with E-state index in [2.05, 4.69) is 56.4 Å². The summed E-state index contributed by atoms with van der Waals surface area (Å²) in [5.41, 5.74) is 2.43. The van der Waals surface area contributed by atoms with Crippen LogP contribution in [0.1, 0.15) is 26.2 Å². The maximum absolute atomic E-state index is 6.09. The van der Waals surface area contributed by atoms with Crippen molar-refractivity contribution in [3.05, 3.63) is 54.6 Å². The fourth-order valence-electron chi connectivity index (χ4n) is 2.33. The van der Waals surface area contributed by atoms with Crippen LogP contribution < -0.4 is 4.43 Å². The van der Waals surface area contributed by atoms with Crippen LogP contribution in [0.15, 0.2) is 54.6 Å². The maximum atomic E-state index is 6.09. The van der Waals surface area contributed by atoms with Gasteiger partial charge in [0.05, 0.1) is 0 Å². The van der Waals surface area contributed by atoms with Gasteiger partial charge >= 0.3 is 8.56 Å². The average molecular weight is 315 g/mol. The second kappa shape index (κ2) is 8.16. The predicted octanol–water partition coefficient (Wildman–Crippen LogP) is 5.64. The largest absolute Gasteiger partial charge is 0.520 e. The highest BCUT2D eigenvalue weighted by Gasteiger charge is 2.26. The molecule has 2 rings (SSSR count). The Morgan fingerprint density at radius 3 is 2.09 bits per heavy atom. The van der Waals surface area contributed by atoms with Gasteiger partial charge in [-0.2, -0.15) is 0 Å². The summed E-state index contributed by atoms with van der Waals surface area (Å²) in [5, 5.41) is 0. The Bertz CT molecular complexity index is 549. The minimum Gasteiger partial charge on any atom is -0.520 e. The van der Waals surface area contributed by atoms with Crippen LogP contribution in [0, 0.1) is 0 Å². The minimum atomic E-state index is -2.09. The molecule has 0 aliphatic carbocycles. The lowest BCUT2D eigenvalue weighted by Crippen LogP contribution is -2.38. The SMILES string of the molecule is CCCCCO[Si](C)(C)Oc1ccc(-c2ccccc2)cc1. The Hall–Kier alpha value is -1.58. The summed E-state index contributed by atoms with van der Waals surface area (Å²) in [4.78, 5) is 0. The molecule has 3 heteroatoms. The van der Waals surface area contributed by atoms with Crippen molar-refractivity contribution in [3.8, 4) is 16.9 Å². The van der Waals surface area contributed by atoms with Gasteiger partial charge in [-0.3, -0.25) is 0 Å². The molecule has 0 amide bonds. The number of hydrogen-bond acceptors (Lipinski definition) is 2. The third-order valence-electron chi connectivity index (χ3n) is 3.52. The van der Waals surface area contributed by atoms with Crippen molar-refractivity contribution >= 4 is 8.56 Å². The van der Waals surface area contributed by atoms with Crippen LogP contribution in [0.25, 0.3) is 11.1 Å². The van der Waals surface area contributed by atoms with Crippen LogP contribution in [0.3, 0.4) is 0 Å². The minimum absolute atomic E-state index is 0.801. The molecule has 2 aromatic rings. The molecule has 118 valence electrons. The molecule has 0 heterocycles. The predicted molar refractivity (Wildman–Crippen MR) is 95.5 cm³/mol. The first-order chi connectivity index (χ1) is 10.6. The Morgan fingerprint density at radius 2 is 1.45 bits per heavy atom. The van der Waals surface area contributed by atoms with Crippen LogP contribution >= 0.6 is 0 Å². The quantitative estimate of drug-likeness (QED) is 0.463. The Kier molecular flexibility index (Phi) is 6.22. The normalized spacial score (nSPS) is 11.4. The first-order valence-electron chi connectivity index (χ1n) is 8.09. The fourth-order valence-corrected chi connectivity index (χ4v) is 3.73. The van der Waals surface area contributed by atoms with E-state index in [-0.39, 0.29) is 0 Å². The van der Waals surface area contributed by atoms with E-state index in [9.17, 15) is 0 Å². The van der Waals surface area contributed by atoms with Crippen molar-refractivity contribution < 1.29 is 8.85 Å². The van der Waals surface area contributed by atoms with E-state index in [1.165, 1.54) is 24.0 Å². The Labute approximate surface area is 135 Å². The second-order valence-electron chi connectivity index (χ2n) is 5.95. The molecule has 0 saturated carbocycles. The summed E-state index contributed by atoms with van der Waals surface area (Å²) in [5.74, 6) is 0.895. The van der Waals surface area contributed by atoms with Gasteiger partial charge in [-0.1, -0.05) is 62.2 Å². The zero-order valence-corrected chi connectivity index (χ0v) is 14.8. The van der Waals surface area contributed by atoms with Gasteiger partial charge in [-0.25, -0.2) is 0 Å². The van der Waals surface area contributed by atoms with Crippen molar-refractivity contribution in [1.82, 2.24) is 0 Å². The molecule has 0 saturated heterocycles. The molecule has 0 fully saturated rings. The lowest BCUT2D eigenvalue weighted by molar-refractivity contribution is 0.241. The molecule has 0 aliphatic heterocycles. The molecule has 2 nitrogen and oxygen atoms in total. The van der Waals surface area contributed by atoms with E-state index in [1.807, 2.05) is 18.2 Å². The van der Waals surface area contributed by atoms with Gasteiger partial charge in [0.2, 0.25) is 0 Å². The smallest absolute Gasteiger partial charge is 0.392 e. The highest BCUT2D eigenvalue weighted by atomic mass is 28.4. The standard InChI is InChI=1S/C19H26O2Si/c1-4-5-9-16-20-22(2,3)21-19-14-12-18(13-15-19)17-10-7-6-8-11-17/h6-8,10-15H,4-5,9,16H2,1-3H3. The van der Waals surface area contributed by atoms with E-state index in [0.717, 1.165) is 18.8 Å². The molecule has 0 bridgehead atoms. The van der Waals surface area contributed by atoms with E-state index in [4.69, 9.17) is 8.85 Å². The summed E-state index contributed by atoms with van der Waals surface area (Å²) >= 11 is 0. The maximum Gasteiger partial charge on any atom is 0.392 e. The average Bonchev–Trinajstić information content (AvgIpc) is 2.53. The summed E-state index contributed by atoms with van der Waals surface area (Å²) in [6.45, 7) is 7.20. The number of rotatable bonds is 8.